The van der Waals surface area contributed by atoms with Gasteiger partial charge >= 0.3 is 5.97 Å². The Morgan fingerprint density at radius 2 is 1.14 bits per heavy atom. The Hall–Kier alpha value is -3.39. The number of hydrogen-bond acceptors (Lipinski definition) is 11. The Bertz CT molecular complexity index is 1250. The van der Waals surface area contributed by atoms with E-state index in [0.717, 1.165) is 37.3 Å². The fourth-order valence-corrected chi connectivity index (χ4v) is 3.30. The van der Waals surface area contributed by atoms with Crippen LogP contribution in [0.3, 0.4) is 0 Å². The zero-order chi connectivity index (χ0) is 21.4. The second kappa shape index (κ2) is 7.21. The maximum atomic E-state index is 11.7. The zero-order valence-electron chi connectivity index (χ0n) is 14.9. The molecule has 0 saturated heterocycles. The molecule has 12 nitrogen and oxygen atoms in total. The first kappa shape index (κ1) is 20.3. The number of carboxylic acid groups (broad SMARTS) is 1. The van der Waals surface area contributed by atoms with E-state index < -0.39 is 31.5 Å². The van der Waals surface area contributed by atoms with Gasteiger partial charge in [0.15, 0.2) is 29.7 Å². The van der Waals surface area contributed by atoms with Crippen LogP contribution >= 0.6 is 0 Å². The van der Waals surface area contributed by atoms with Gasteiger partial charge in [-0.25, -0.2) is 51.5 Å². The van der Waals surface area contributed by atoms with Crippen LogP contribution in [0.15, 0.2) is 40.9 Å². The normalized spacial score (nSPS) is 11.9. The van der Waals surface area contributed by atoms with Crippen LogP contribution in [0.4, 0.5) is 0 Å². The third kappa shape index (κ3) is 4.55. The number of sulfone groups is 2. The highest BCUT2D eigenvalue weighted by atomic mass is 32.2. The minimum Gasteiger partial charge on any atom is -0.475 e. The van der Waals surface area contributed by atoms with Gasteiger partial charge in [-0.3, -0.25) is 0 Å². The highest BCUT2D eigenvalue weighted by Gasteiger charge is 2.18. The molecule has 3 rings (SSSR count). The molecule has 3 heterocycles. The van der Waals surface area contributed by atoms with Gasteiger partial charge in [-0.05, 0) is 6.07 Å². The van der Waals surface area contributed by atoms with E-state index in [2.05, 4.69) is 29.9 Å². The fourth-order valence-electron chi connectivity index (χ4n) is 2.17. The Balaban J connectivity index is 2.22. The van der Waals surface area contributed by atoms with Crippen molar-refractivity contribution < 1.29 is 26.7 Å². The van der Waals surface area contributed by atoms with E-state index in [9.17, 15) is 26.7 Å². The lowest BCUT2D eigenvalue weighted by Crippen LogP contribution is -2.08. The predicted octanol–water partition coefficient (Wildman–Crippen LogP) is -0.104. The van der Waals surface area contributed by atoms with E-state index in [1.54, 1.807) is 0 Å². The molecule has 1 N–H and O–H groups in total. The smallest absolute Gasteiger partial charge is 0.373 e. The third-order valence-electron chi connectivity index (χ3n) is 3.49. The first-order valence-electron chi connectivity index (χ1n) is 7.62. The van der Waals surface area contributed by atoms with Crippen molar-refractivity contribution in [1.29, 1.82) is 0 Å². The molecule has 0 spiro atoms. The van der Waals surface area contributed by atoms with Crippen molar-refractivity contribution in [3.63, 3.8) is 0 Å². The number of nitrogens with zero attached hydrogens (tertiary/aromatic N) is 6. The van der Waals surface area contributed by atoms with Crippen LogP contribution < -0.4 is 0 Å². The highest BCUT2D eigenvalue weighted by Crippen LogP contribution is 2.23. The summed E-state index contributed by atoms with van der Waals surface area (Å²) in [5.74, 6) is -2.07. The first-order chi connectivity index (χ1) is 13.4. The van der Waals surface area contributed by atoms with Gasteiger partial charge in [-0.2, -0.15) is 0 Å². The summed E-state index contributed by atoms with van der Waals surface area (Å²) in [4.78, 5) is 34.4. The molecule has 0 unspecified atom stereocenters. The maximum Gasteiger partial charge on any atom is 0.373 e. The Labute approximate surface area is 164 Å². The lowest BCUT2D eigenvalue weighted by Gasteiger charge is -2.07. The zero-order valence-corrected chi connectivity index (χ0v) is 16.5. The van der Waals surface area contributed by atoms with E-state index in [1.807, 2.05) is 0 Å². The molecular weight excluding hydrogens is 424 g/mol. The summed E-state index contributed by atoms with van der Waals surface area (Å²) in [6.07, 6.45) is 3.92. The van der Waals surface area contributed by atoms with Crippen molar-refractivity contribution in [3.05, 3.63) is 36.7 Å². The standard InChI is InChI=1S/C15H12N6O6S2/c1-28(24,25)12-4-8(16-6-18-12)10-3-11(21-14(20-10)15(22)23)9-5-13(19-7-17-9)29(2,26)27/h3-7H,1-2H3,(H,22,23). The van der Waals surface area contributed by atoms with E-state index >= 15 is 0 Å². The van der Waals surface area contributed by atoms with Crippen molar-refractivity contribution in [1.82, 2.24) is 29.9 Å². The molecule has 0 aliphatic carbocycles. The van der Waals surface area contributed by atoms with Crippen LogP contribution in [0.25, 0.3) is 22.8 Å². The van der Waals surface area contributed by atoms with E-state index in [1.165, 1.54) is 6.07 Å². The molecule has 3 aromatic rings. The monoisotopic (exact) mass is 436 g/mol. The van der Waals surface area contributed by atoms with E-state index in [-0.39, 0.29) is 32.8 Å². The van der Waals surface area contributed by atoms with Crippen molar-refractivity contribution in [2.24, 2.45) is 0 Å². The number of rotatable bonds is 5. The van der Waals surface area contributed by atoms with Gasteiger partial charge in [0.25, 0.3) is 0 Å². The molecule has 0 atom stereocenters. The average Bonchev–Trinajstić information content (AvgIpc) is 2.66. The number of carbonyl (C=O) groups is 1. The van der Waals surface area contributed by atoms with Crippen molar-refractivity contribution in [2.75, 3.05) is 12.5 Å². The lowest BCUT2D eigenvalue weighted by molar-refractivity contribution is 0.0683. The van der Waals surface area contributed by atoms with Crippen LogP contribution in [-0.2, 0) is 19.7 Å². The molecule has 29 heavy (non-hydrogen) atoms. The minimum absolute atomic E-state index is 0.0146. The Kier molecular flexibility index (Phi) is 5.06. The Morgan fingerprint density at radius 1 is 0.724 bits per heavy atom. The highest BCUT2D eigenvalue weighted by molar-refractivity contribution is 7.90. The summed E-state index contributed by atoms with van der Waals surface area (Å²) in [7, 11) is -7.28. The van der Waals surface area contributed by atoms with Gasteiger partial charge in [0.2, 0.25) is 5.82 Å². The van der Waals surface area contributed by atoms with Crippen LogP contribution in [0.2, 0.25) is 0 Å². The molecule has 0 saturated carbocycles. The van der Waals surface area contributed by atoms with Gasteiger partial charge in [0.05, 0.1) is 22.8 Å². The van der Waals surface area contributed by atoms with Crippen LogP contribution in [-0.4, -0.2) is 70.3 Å². The third-order valence-corrected chi connectivity index (χ3v) is 5.45. The molecule has 14 heteroatoms. The average molecular weight is 436 g/mol. The number of aromatic carboxylic acids is 1. The summed E-state index contributed by atoms with van der Waals surface area (Å²) < 4.78 is 46.9. The van der Waals surface area contributed by atoms with Gasteiger partial charge in [-0.1, -0.05) is 0 Å². The van der Waals surface area contributed by atoms with Gasteiger partial charge in [-0.15, -0.1) is 0 Å². The molecule has 3 aromatic heterocycles. The van der Waals surface area contributed by atoms with E-state index in [4.69, 9.17) is 0 Å². The van der Waals surface area contributed by atoms with Gasteiger partial charge in [0.1, 0.15) is 12.7 Å². The summed E-state index contributed by atoms with van der Waals surface area (Å²) in [5.41, 5.74) is 0.0337. The number of carboxylic acids is 1. The molecule has 0 fully saturated rings. The molecule has 0 radical (unpaired) electrons. The van der Waals surface area contributed by atoms with Crippen molar-refractivity contribution in [3.8, 4) is 22.8 Å². The second-order valence-corrected chi connectivity index (χ2v) is 9.72. The molecule has 0 bridgehead atoms. The molecule has 150 valence electrons. The summed E-state index contributed by atoms with van der Waals surface area (Å²) in [5, 5.41) is 8.76. The summed E-state index contributed by atoms with van der Waals surface area (Å²) >= 11 is 0. The van der Waals surface area contributed by atoms with Crippen molar-refractivity contribution in [2.45, 2.75) is 10.1 Å². The molecule has 0 aromatic carbocycles. The summed E-state index contributed by atoms with van der Waals surface area (Å²) in [6.45, 7) is 0. The molecular formula is C15H12N6O6S2. The topological polar surface area (TPSA) is 183 Å². The quantitative estimate of drug-likeness (QED) is 0.525. The Morgan fingerprint density at radius 3 is 1.48 bits per heavy atom. The van der Waals surface area contributed by atoms with E-state index in [0.29, 0.717) is 0 Å². The number of aromatic nitrogens is 6. The lowest BCUT2D eigenvalue weighted by atomic mass is 10.2. The van der Waals surface area contributed by atoms with Crippen molar-refractivity contribution >= 4 is 25.6 Å². The predicted molar refractivity (Wildman–Crippen MR) is 97.3 cm³/mol. The fraction of sp³-hybridized carbons (Fsp3) is 0.133. The maximum absolute atomic E-state index is 11.7. The van der Waals surface area contributed by atoms with Crippen LogP contribution in [0, 0.1) is 0 Å². The van der Waals surface area contributed by atoms with Gasteiger partial charge < -0.3 is 5.11 Å². The number of hydrogen-bond donors (Lipinski definition) is 1. The van der Waals surface area contributed by atoms with Crippen LogP contribution in [0.1, 0.15) is 10.6 Å². The first-order valence-corrected chi connectivity index (χ1v) is 11.4. The molecule has 0 aliphatic rings. The minimum atomic E-state index is -3.64. The second-order valence-electron chi connectivity index (χ2n) is 5.79. The largest absolute Gasteiger partial charge is 0.475 e. The van der Waals surface area contributed by atoms with Crippen LogP contribution in [0.5, 0.6) is 0 Å². The SMILES string of the molecule is CS(=O)(=O)c1cc(-c2cc(-c3cc(S(C)(=O)=O)ncn3)nc(C(=O)O)n2)ncn1. The summed E-state index contributed by atoms with van der Waals surface area (Å²) in [6, 6.07) is 3.57. The molecule has 0 amide bonds. The van der Waals surface area contributed by atoms with Gasteiger partial charge in [0, 0.05) is 24.6 Å². The molecule has 0 aliphatic heterocycles.